The first-order valence-electron chi connectivity index (χ1n) is 13.3. The molecule has 36 heavy (non-hydrogen) atoms. The molecule has 2 aromatic carbocycles. The standard InChI is InChI=1S/C29H36N4O2.H2S/c34-27(11-16-32-17-13-29(14-18-32)12-9-21-5-1-3-7-24(21)29)33-25-8-4-2-6-22(25)19-26(33)28(35)31-23-10-15-30-20-23;/h1-8,23,26,30H,9-20H2,(H,31,35);1H2/t23-,26+;/m1./s1. The lowest BCUT2D eigenvalue weighted by atomic mass is 9.74. The molecule has 3 aliphatic heterocycles. The molecule has 2 saturated heterocycles. The van der Waals surface area contributed by atoms with Gasteiger partial charge in [-0.2, -0.15) is 13.5 Å². The maximum Gasteiger partial charge on any atom is 0.243 e. The summed E-state index contributed by atoms with van der Waals surface area (Å²) in [6.07, 6.45) is 6.79. The molecule has 1 spiro atoms. The number of piperidine rings is 1. The second kappa shape index (κ2) is 10.6. The van der Waals surface area contributed by atoms with Gasteiger partial charge in [0.15, 0.2) is 0 Å². The third-order valence-corrected chi connectivity index (χ3v) is 8.87. The van der Waals surface area contributed by atoms with Crippen molar-refractivity contribution >= 4 is 31.0 Å². The first-order chi connectivity index (χ1) is 17.1. The predicted molar refractivity (Wildman–Crippen MR) is 148 cm³/mol. The van der Waals surface area contributed by atoms with E-state index in [-0.39, 0.29) is 31.4 Å². The third kappa shape index (κ3) is 4.69. The Morgan fingerprint density at radius 3 is 2.53 bits per heavy atom. The summed E-state index contributed by atoms with van der Waals surface area (Å²) in [6.45, 7) is 4.57. The predicted octanol–water partition coefficient (Wildman–Crippen LogP) is 2.91. The van der Waals surface area contributed by atoms with Crippen LogP contribution < -0.4 is 15.5 Å². The van der Waals surface area contributed by atoms with E-state index in [0.29, 0.717) is 18.3 Å². The van der Waals surface area contributed by atoms with Crippen LogP contribution in [0.15, 0.2) is 48.5 Å². The summed E-state index contributed by atoms with van der Waals surface area (Å²) in [6, 6.07) is 16.7. The summed E-state index contributed by atoms with van der Waals surface area (Å²) in [5.41, 5.74) is 5.42. The van der Waals surface area contributed by atoms with Crippen LogP contribution in [0.5, 0.6) is 0 Å². The van der Waals surface area contributed by atoms with Crippen molar-refractivity contribution in [1.29, 1.82) is 0 Å². The molecular weight excluding hydrogens is 468 g/mol. The van der Waals surface area contributed by atoms with Crippen LogP contribution in [0.4, 0.5) is 5.69 Å². The van der Waals surface area contributed by atoms with Crippen molar-refractivity contribution in [2.24, 2.45) is 0 Å². The smallest absolute Gasteiger partial charge is 0.243 e. The Hall–Kier alpha value is -2.35. The van der Waals surface area contributed by atoms with Crippen LogP contribution in [0.2, 0.25) is 0 Å². The van der Waals surface area contributed by atoms with Crippen LogP contribution in [0.25, 0.3) is 0 Å². The van der Waals surface area contributed by atoms with Crippen molar-refractivity contribution in [2.75, 3.05) is 37.6 Å². The van der Waals surface area contributed by atoms with Gasteiger partial charge in [-0.05, 0) is 79.9 Å². The van der Waals surface area contributed by atoms with Crippen LogP contribution in [0.1, 0.15) is 48.8 Å². The summed E-state index contributed by atoms with van der Waals surface area (Å²) < 4.78 is 0. The van der Waals surface area contributed by atoms with E-state index in [1.165, 1.54) is 31.2 Å². The quantitative estimate of drug-likeness (QED) is 0.655. The third-order valence-electron chi connectivity index (χ3n) is 8.87. The second-order valence-corrected chi connectivity index (χ2v) is 10.8. The fourth-order valence-electron chi connectivity index (χ4n) is 6.84. The molecule has 6 nitrogen and oxygen atoms in total. The van der Waals surface area contributed by atoms with Crippen molar-refractivity contribution < 1.29 is 9.59 Å². The van der Waals surface area contributed by atoms with E-state index in [1.807, 2.05) is 24.3 Å². The number of carbonyl (C=O) groups is 2. The highest BCUT2D eigenvalue weighted by atomic mass is 32.1. The molecule has 2 N–H and O–H groups in total. The highest BCUT2D eigenvalue weighted by Gasteiger charge is 2.42. The minimum Gasteiger partial charge on any atom is -0.350 e. The van der Waals surface area contributed by atoms with E-state index < -0.39 is 6.04 Å². The van der Waals surface area contributed by atoms with Crippen LogP contribution in [0, 0.1) is 0 Å². The number of rotatable bonds is 5. The molecule has 0 unspecified atom stereocenters. The number of nitrogens with zero attached hydrogens (tertiary/aromatic N) is 2. The molecule has 2 fully saturated rings. The first kappa shape index (κ1) is 25.3. The number of nitrogens with one attached hydrogen (secondary N) is 2. The second-order valence-electron chi connectivity index (χ2n) is 10.8. The first-order valence-corrected chi connectivity index (χ1v) is 13.3. The van der Waals surface area contributed by atoms with Crippen LogP contribution in [-0.4, -0.2) is 61.5 Å². The lowest BCUT2D eigenvalue weighted by Crippen LogP contribution is -2.51. The monoisotopic (exact) mass is 506 g/mol. The van der Waals surface area contributed by atoms with Gasteiger partial charge in [-0.3, -0.25) is 14.5 Å². The Labute approximate surface area is 221 Å². The number of fused-ring (bicyclic) bond motifs is 3. The molecule has 6 rings (SSSR count). The molecule has 0 radical (unpaired) electrons. The molecule has 2 atom stereocenters. The van der Waals surface area contributed by atoms with E-state index in [2.05, 4.69) is 39.8 Å². The molecular formula is C29H38N4O2S. The fourth-order valence-corrected chi connectivity index (χ4v) is 6.84. The molecule has 2 amide bonds. The number of aryl methyl sites for hydroxylation is 1. The minimum atomic E-state index is -0.444. The molecule has 3 heterocycles. The van der Waals surface area contributed by atoms with Crippen molar-refractivity contribution in [2.45, 2.75) is 62.4 Å². The fraction of sp³-hybridized carbons (Fsp3) is 0.517. The number of para-hydroxylation sites is 1. The molecule has 7 heteroatoms. The molecule has 1 aliphatic carbocycles. The number of anilines is 1. The van der Waals surface area contributed by atoms with Gasteiger partial charge in [0.1, 0.15) is 6.04 Å². The summed E-state index contributed by atoms with van der Waals surface area (Å²) >= 11 is 0. The van der Waals surface area contributed by atoms with Gasteiger partial charge in [-0.15, -0.1) is 0 Å². The van der Waals surface area contributed by atoms with Crippen LogP contribution >= 0.6 is 13.5 Å². The van der Waals surface area contributed by atoms with Gasteiger partial charge < -0.3 is 15.5 Å². The zero-order chi connectivity index (χ0) is 23.8. The van der Waals surface area contributed by atoms with Gasteiger partial charge in [0, 0.05) is 37.7 Å². The van der Waals surface area contributed by atoms with Crippen LogP contribution in [-0.2, 0) is 27.8 Å². The summed E-state index contributed by atoms with van der Waals surface area (Å²) in [5.74, 6) is 0.0363. The Kier molecular flexibility index (Phi) is 7.42. The van der Waals surface area contributed by atoms with Gasteiger partial charge in [-0.25, -0.2) is 0 Å². The highest BCUT2D eigenvalue weighted by molar-refractivity contribution is 7.59. The van der Waals surface area contributed by atoms with Gasteiger partial charge >= 0.3 is 0 Å². The Balaban J connectivity index is 0.00000267. The number of hydrogen-bond donors (Lipinski definition) is 2. The van der Waals surface area contributed by atoms with Crippen molar-refractivity contribution in [3.63, 3.8) is 0 Å². The number of benzene rings is 2. The molecule has 0 aromatic heterocycles. The van der Waals surface area contributed by atoms with Crippen molar-refractivity contribution in [1.82, 2.24) is 15.5 Å². The van der Waals surface area contributed by atoms with Gasteiger partial charge in [0.05, 0.1) is 0 Å². The van der Waals surface area contributed by atoms with E-state index in [4.69, 9.17) is 0 Å². The summed E-state index contributed by atoms with van der Waals surface area (Å²) in [5, 5.41) is 6.47. The maximum absolute atomic E-state index is 13.5. The normalized spacial score (nSPS) is 24.3. The van der Waals surface area contributed by atoms with Gasteiger partial charge in [0.2, 0.25) is 11.8 Å². The van der Waals surface area contributed by atoms with E-state index in [1.54, 1.807) is 10.5 Å². The number of carbonyl (C=O) groups excluding carboxylic acids is 2. The van der Waals surface area contributed by atoms with Crippen molar-refractivity contribution in [3.05, 3.63) is 65.2 Å². The van der Waals surface area contributed by atoms with Crippen LogP contribution in [0.3, 0.4) is 0 Å². The highest BCUT2D eigenvalue weighted by Crippen LogP contribution is 2.46. The summed E-state index contributed by atoms with van der Waals surface area (Å²) in [4.78, 5) is 30.9. The number of amides is 2. The van der Waals surface area contributed by atoms with Gasteiger partial charge in [0.25, 0.3) is 0 Å². The number of likely N-dealkylation sites (tertiary alicyclic amines) is 1. The average molecular weight is 507 g/mol. The van der Waals surface area contributed by atoms with E-state index >= 15 is 0 Å². The zero-order valence-electron chi connectivity index (χ0n) is 21.0. The SMILES string of the molecule is O=C(N[C@@H]1CCNC1)[C@@H]1Cc2ccccc2N1C(=O)CCN1CCC2(CCc3ccccc32)CC1.S. The van der Waals surface area contributed by atoms with E-state index in [9.17, 15) is 9.59 Å². The molecule has 0 bridgehead atoms. The topological polar surface area (TPSA) is 64.7 Å². The minimum absolute atomic E-state index is 0. The van der Waals surface area contributed by atoms with Gasteiger partial charge in [-0.1, -0.05) is 42.5 Å². The van der Waals surface area contributed by atoms with Crippen molar-refractivity contribution in [3.8, 4) is 0 Å². The Bertz CT molecular complexity index is 1110. The molecule has 192 valence electrons. The molecule has 2 aromatic rings. The largest absolute Gasteiger partial charge is 0.350 e. The molecule has 0 saturated carbocycles. The van der Waals surface area contributed by atoms with E-state index in [0.717, 1.165) is 50.4 Å². The zero-order valence-corrected chi connectivity index (χ0v) is 22.0. The molecule has 4 aliphatic rings. The Morgan fingerprint density at radius 2 is 1.75 bits per heavy atom. The average Bonchev–Trinajstić information content (AvgIpc) is 3.62. The summed E-state index contributed by atoms with van der Waals surface area (Å²) in [7, 11) is 0. The Morgan fingerprint density at radius 1 is 1.00 bits per heavy atom. The number of hydrogen-bond acceptors (Lipinski definition) is 4. The lowest BCUT2D eigenvalue weighted by Gasteiger charge is -2.40. The lowest BCUT2D eigenvalue weighted by molar-refractivity contribution is -0.126. The maximum atomic E-state index is 13.5.